The van der Waals surface area contributed by atoms with Crippen molar-refractivity contribution >= 4 is 11.6 Å². The summed E-state index contributed by atoms with van der Waals surface area (Å²) < 4.78 is 0. The van der Waals surface area contributed by atoms with Gasteiger partial charge in [-0.1, -0.05) is 30.7 Å². The van der Waals surface area contributed by atoms with Crippen molar-refractivity contribution in [2.45, 2.75) is 44.2 Å². The first-order chi connectivity index (χ1) is 9.61. The topological polar surface area (TPSA) is 15.3 Å². The third-order valence-electron chi connectivity index (χ3n) is 5.02. The summed E-state index contributed by atoms with van der Waals surface area (Å²) in [6.07, 6.45) is 3.81. The van der Waals surface area contributed by atoms with Crippen LogP contribution in [0.3, 0.4) is 0 Å². The van der Waals surface area contributed by atoms with E-state index in [-0.39, 0.29) is 0 Å². The minimum absolute atomic E-state index is 0.702. The summed E-state index contributed by atoms with van der Waals surface area (Å²) in [7, 11) is 2.23. The first-order valence-corrected chi connectivity index (χ1v) is 8.19. The highest BCUT2D eigenvalue weighted by atomic mass is 35.5. The molecule has 110 valence electrons. The lowest BCUT2D eigenvalue weighted by atomic mass is 9.75. The Morgan fingerprint density at radius 3 is 2.80 bits per heavy atom. The zero-order valence-corrected chi connectivity index (χ0v) is 13.2. The Hall–Kier alpha value is -0.570. The zero-order chi connectivity index (χ0) is 14.1. The maximum atomic E-state index is 6.07. The number of benzene rings is 1. The van der Waals surface area contributed by atoms with Crippen molar-refractivity contribution in [1.29, 1.82) is 0 Å². The van der Waals surface area contributed by atoms with E-state index in [1.54, 1.807) is 0 Å². The predicted molar refractivity (Wildman–Crippen MR) is 85.4 cm³/mol. The van der Waals surface area contributed by atoms with E-state index >= 15 is 0 Å². The van der Waals surface area contributed by atoms with Crippen molar-refractivity contribution < 1.29 is 0 Å². The van der Waals surface area contributed by atoms with Crippen LogP contribution in [-0.4, -0.2) is 37.1 Å². The fourth-order valence-corrected chi connectivity index (χ4v) is 3.89. The average Bonchev–Trinajstić information content (AvgIpc) is 2.35. The molecule has 1 aromatic carbocycles. The predicted octanol–water partition coefficient (Wildman–Crippen LogP) is 3.52. The highest BCUT2D eigenvalue weighted by Gasteiger charge is 2.34. The number of nitrogens with zero attached hydrogens (tertiary/aromatic N) is 1. The van der Waals surface area contributed by atoms with Gasteiger partial charge >= 0.3 is 0 Å². The van der Waals surface area contributed by atoms with Crippen LogP contribution in [0.25, 0.3) is 0 Å². The molecule has 0 bridgehead atoms. The second kappa shape index (κ2) is 6.05. The number of likely N-dealkylation sites (tertiary alicyclic amines) is 1. The summed E-state index contributed by atoms with van der Waals surface area (Å²) in [6, 6.07) is 9.77. The molecule has 2 aliphatic rings. The number of hydrogen-bond donors (Lipinski definition) is 1. The van der Waals surface area contributed by atoms with Gasteiger partial charge in [0, 0.05) is 23.7 Å². The Morgan fingerprint density at radius 1 is 1.30 bits per heavy atom. The number of hydrogen-bond acceptors (Lipinski definition) is 2. The van der Waals surface area contributed by atoms with Crippen LogP contribution in [0.5, 0.6) is 0 Å². The van der Waals surface area contributed by atoms with Crippen LogP contribution in [0.1, 0.15) is 37.7 Å². The van der Waals surface area contributed by atoms with Crippen molar-refractivity contribution in [3.05, 3.63) is 34.9 Å². The van der Waals surface area contributed by atoms with Crippen LogP contribution in [0.4, 0.5) is 0 Å². The van der Waals surface area contributed by atoms with Gasteiger partial charge in [-0.2, -0.15) is 0 Å². The Kier molecular flexibility index (Phi) is 4.34. The van der Waals surface area contributed by atoms with E-state index in [1.807, 2.05) is 6.07 Å². The molecule has 1 aliphatic carbocycles. The van der Waals surface area contributed by atoms with Crippen molar-refractivity contribution in [2.75, 3.05) is 20.1 Å². The summed E-state index contributed by atoms with van der Waals surface area (Å²) in [6.45, 7) is 4.83. The number of halogens is 1. The molecule has 2 fully saturated rings. The molecular formula is C17H25ClN2. The van der Waals surface area contributed by atoms with E-state index < -0.39 is 0 Å². The molecule has 0 radical (unpaired) electrons. The van der Waals surface area contributed by atoms with E-state index in [0.717, 1.165) is 10.9 Å². The molecule has 1 N–H and O–H groups in total. The first kappa shape index (κ1) is 14.4. The summed E-state index contributed by atoms with van der Waals surface area (Å²) in [5, 5.41) is 4.74. The molecule has 3 heteroatoms. The van der Waals surface area contributed by atoms with Gasteiger partial charge in [-0.25, -0.2) is 0 Å². The summed E-state index contributed by atoms with van der Waals surface area (Å²) in [4.78, 5) is 2.44. The summed E-state index contributed by atoms with van der Waals surface area (Å²) in [5.41, 5.74) is 1.41. The van der Waals surface area contributed by atoms with Crippen LogP contribution >= 0.6 is 11.6 Å². The maximum absolute atomic E-state index is 6.07. The molecule has 0 aromatic heterocycles. The van der Waals surface area contributed by atoms with Crippen molar-refractivity contribution in [3.8, 4) is 0 Å². The lowest BCUT2D eigenvalue weighted by Crippen LogP contribution is -2.53. The van der Waals surface area contributed by atoms with Gasteiger partial charge in [0.15, 0.2) is 0 Å². The van der Waals surface area contributed by atoms with Gasteiger partial charge in [-0.3, -0.25) is 0 Å². The molecule has 20 heavy (non-hydrogen) atoms. The van der Waals surface area contributed by atoms with E-state index in [1.165, 1.54) is 37.9 Å². The molecule has 3 rings (SSSR count). The molecule has 1 saturated heterocycles. The fraction of sp³-hybridized carbons (Fsp3) is 0.647. The summed E-state index contributed by atoms with van der Waals surface area (Å²) in [5.74, 6) is 1.46. The van der Waals surface area contributed by atoms with Gasteiger partial charge in [-0.05, 0) is 62.4 Å². The maximum Gasteiger partial charge on any atom is 0.0408 e. The van der Waals surface area contributed by atoms with Crippen molar-refractivity contribution in [2.24, 2.45) is 5.92 Å². The van der Waals surface area contributed by atoms with Crippen LogP contribution in [0, 0.1) is 5.92 Å². The van der Waals surface area contributed by atoms with Gasteiger partial charge < -0.3 is 10.2 Å². The summed E-state index contributed by atoms with van der Waals surface area (Å²) >= 11 is 6.07. The molecule has 2 unspecified atom stereocenters. The molecule has 1 saturated carbocycles. The zero-order valence-electron chi connectivity index (χ0n) is 12.5. The number of piperidine rings is 1. The van der Waals surface area contributed by atoms with Gasteiger partial charge in [0.1, 0.15) is 0 Å². The second-order valence-electron chi connectivity index (χ2n) is 6.72. The molecule has 1 heterocycles. The number of rotatable bonds is 3. The van der Waals surface area contributed by atoms with Crippen LogP contribution in [-0.2, 0) is 0 Å². The Balaban J connectivity index is 1.49. The first-order valence-electron chi connectivity index (χ1n) is 7.82. The molecule has 0 spiro atoms. The molecular weight excluding hydrogens is 268 g/mol. The normalized spacial score (nSPS) is 34.8. The van der Waals surface area contributed by atoms with Gasteiger partial charge in [-0.15, -0.1) is 0 Å². The van der Waals surface area contributed by atoms with E-state index in [0.29, 0.717) is 18.0 Å². The van der Waals surface area contributed by atoms with E-state index in [2.05, 4.69) is 42.4 Å². The highest BCUT2D eigenvalue weighted by Crippen LogP contribution is 2.38. The SMILES string of the molecule is CC1CN(C)CCC1NC1CC(c2cccc(Cl)c2)C1. The van der Waals surface area contributed by atoms with Crippen LogP contribution < -0.4 is 5.32 Å². The molecule has 0 amide bonds. The lowest BCUT2D eigenvalue weighted by Gasteiger charge is -2.43. The second-order valence-corrected chi connectivity index (χ2v) is 7.16. The Morgan fingerprint density at radius 2 is 2.10 bits per heavy atom. The average molecular weight is 293 g/mol. The molecule has 2 atom stereocenters. The highest BCUT2D eigenvalue weighted by molar-refractivity contribution is 6.30. The Bertz CT molecular complexity index is 456. The lowest BCUT2D eigenvalue weighted by molar-refractivity contribution is 0.145. The molecule has 2 nitrogen and oxygen atoms in total. The van der Waals surface area contributed by atoms with Crippen molar-refractivity contribution in [1.82, 2.24) is 10.2 Å². The fourth-order valence-electron chi connectivity index (χ4n) is 3.69. The van der Waals surface area contributed by atoms with Crippen LogP contribution in [0.2, 0.25) is 5.02 Å². The quantitative estimate of drug-likeness (QED) is 0.917. The van der Waals surface area contributed by atoms with Gasteiger partial charge in [0.25, 0.3) is 0 Å². The minimum atomic E-state index is 0.702. The smallest absolute Gasteiger partial charge is 0.0408 e. The Labute approximate surface area is 127 Å². The minimum Gasteiger partial charge on any atom is -0.311 e. The van der Waals surface area contributed by atoms with Crippen LogP contribution in [0.15, 0.2) is 24.3 Å². The molecule has 1 aromatic rings. The monoisotopic (exact) mass is 292 g/mol. The largest absolute Gasteiger partial charge is 0.311 e. The van der Waals surface area contributed by atoms with Crippen molar-refractivity contribution in [3.63, 3.8) is 0 Å². The van der Waals surface area contributed by atoms with Gasteiger partial charge in [0.2, 0.25) is 0 Å². The number of nitrogens with one attached hydrogen (secondary N) is 1. The third kappa shape index (κ3) is 3.19. The molecule has 1 aliphatic heterocycles. The third-order valence-corrected chi connectivity index (χ3v) is 5.25. The standard InChI is InChI=1S/C17H25ClN2/c1-12-11-20(2)7-6-17(12)19-16-9-14(10-16)13-4-3-5-15(18)8-13/h3-5,8,12,14,16-17,19H,6-7,9-11H2,1-2H3. The van der Waals surface area contributed by atoms with E-state index in [4.69, 9.17) is 11.6 Å². The van der Waals surface area contributed by atoms with Gasteiger partial charge in [0.05, 0.1) is 0 Å². The van der Waals surface area contributed by atoms with E-state index in [9.17, 15) is 0 Å².